The second-order valence-electron chi connectivity index (χ2n) is 5.82. The minimum absolute atomic E-state index is 0.0133. The first-order valence-corrected chi connectivity index (χ1v) is 7.85. The van der Waals surface area contributed by atoms with Crippen LogP contribution in [0, 0.1) is 0 Å². The van der Waals surface area contributed by atoms with Crippen LogP contribution in [0.1, 0.15) is 15.9 Å². The highest BCUT2D eigenvalue weighted by molar-refractivity contribution is 6.06. The first kappa shape index (κ1) is 21.3. The van der Waals surface area contributed by atoms with Crippen LogP contribution < -0.4 is 19.7 Å². The van der Waals surface area contributed by atoms with Gasteiger partial charge in [-0.1, -0.05) is 0 Å². The largest absolute Gasteiger partial charge is 0.493 e. The fraction of sp³-hybridized carbons (Fsp3) is 0.278. The van der Waals surface area contributed by atoms with Crippen LogP contribution in [0.15, 0.2) is 36.4 Å². The molecule has 2 aromatic rings. The summed E-state index contributed by atoms with van der Waals surface area (Å²) in [6.07, 6.45) is -4.58. The molecule has 5 nitrogen and oxygen atoms in total. The molecule has 10 heteroatoms. The normalized spacial score (nSPS) is 11.3. The number of hydrogen-bond donors (Lipinski definition) is 1. The number of hydrogen-bond acceptors (Lipinski definition) is 4. The van der Waals surface area contributed by atoms with Crippen LogP contribution in [0.3, 0.4) is 0 Å². The quantitative estimate of drug-likeness (QED) is 0.713. The van der Waals surface area contributed by atoms with Gasteiger partial charge in [0.05, 0.1) is 24.0 Å². The number of nitrogens with one attached hydrogen (secondary N) is 1. The number of carbonyl (C=O) groups is 1. The number of alkyl halides is 5. The van der Waals surface area contributed by atoms with E-state index >= 15 is 0 Å². The molecule has 0 aliphatic carbocycles. The molecule has 0 unspecified atom stereocenters. The molecular formula is C18H17F5N2O3. The maximum absolute atomic E-state index is 13.0. The molecule has 0 saturated heterocycles. The van der Waals surface area contributed by atoms with Gasteiger partial charge in [0.25, 0.3) is 5.91 Å². The van der Waals surface area contributed by atoms with E-state index in [-0.39, 0.29) is 22.7 Å². The zero-order valence-electron chi connectivity index (χ0n) is 15.1. The van der Waals surface area contributed by atoms with Crippen LogP contribution in [-0.2, 0) is 6.18 Å². The number of benzene rings is 2. The van der Waals surface area contributed by atoms with Crippen LogP contribution in [0.5, 0.6) is 11.5 Å². The Bertz CT molecular complexity index is 854. The molecule has 0 aliphatic rings. The Morgan fingerprint density at radius 3 is 2.29 bits per heavy atom. The molecule has 28 heavy (non-hydrogen) atoms. The number of amides is 1. The van der Waals surface area contributed by atoms with Crippen LogP contribution >= 0.6 is 0 Å². The maximum atomic E-state index is 13.0. The molecule has 2 rings (SSSR count). The van der Waals surface area contributed by atoms with Crippen molar-refractivity contribution in [3.63, 3.8) is 0 Å². The van der Waals surface area contributed by atoms with Crippen molar-refractivity contribution < 1.29 is 36.2 Å². The Hall–Kier alpha value is -3.04. The summed E-state index contributed by atoms with van der Waals surface area (Å²) in [6, 6.07) is 6.41. The third kappa shape index (κ3) is 5.02. The molecule has 2 aromatic carbocycles. The molecule has 0 heterocycles. The van der Waals surface area contributed by atoms with Crippen molar-refractivity contribution in [3.05, 3.63) is 47.5 Å². The van der Waals surface area contributed by atoms with Crippen LogP contribution in [-0.4, -0.2) is 33.7 Å². The van der Waals surface area contributed by atoms with Gasteiger partial charge in [0.2, 0.25) is 0 Å². The van der Waals surface area contributed by atoms with Gasteiger partial charge >= 0.3 is 12.8 Å². The van der Waals surface area contributed by atoms with Gasteiger partial charge in [0.1, 0.15) is 0 Å². The number of carbonyl (C=O) groups excluding carboxylic acids is 1. The Morgan fingerprint density at radius 2 is 1.75 bits per heavy atom. The highest BCUT2D eigenvalue weighted by Gasteiger charge is 2.31. The molecule has 0 spiro atoms. The summed E-state index contributed by atoms with van der Waals surface area (Å²) in [5.41, 5.74) is -0.644. The van der Waals surface area contributed by atoms with Gasteiger partial charge in [-0.25, -0.2) is 0 Å². The second kappa shape index (κ2) is 8.32. The second-order valence-corrected chi connectivity index (χ2v) is 5.82. The number of methoxy groups -OCH3 is 1. The summed E-state index contributed by atoms with van der Waals surface area (Å²) in [7, 11) is 4.42. The van der Waals surface area contributed by atoms with Gasteiger partial charge in [-0.3, -0.25) is 4.79 Å². The summed E-state index contributed by atoms with van der Waals surface area (Å²) in [5, 5.41) is 2.41. The van der Waals surface area contributed by atoms with E-state index in [0.29, 0.717) is 5.69 Å². The molecule has 0 atom stereocenters. The first-order chi connectivity index (χ1) is 13.0. The van der Waals surface area contributed by atoms with E-state index in [1.165, 1.54) is 24.1 Å². The summed E-state index contributed by atoms with van der Waals surface area (Å²) in [6.45, 7) is -3.08. The van der Waals surface area contributed by atoms with Gasteiger partial charge in [-0.15, -0.1) is 0 Å². The van der Waals surface area contributed by atoms with Crippen molar-refractivity contribution >= 4 is 17.3 Å². The Morgan fingerprint density at radius 1 is 1.07 bits per heavy atom. The lowest BCUT2D eigenvalue weighted by molar-refractivity contribution is -0.137. The topological polar surface area (TPSA) is 50.8 Å². The standard InChI is InChI=1S/C18H17F5N2O3/c1-25(2)13-6-5-11(18(21,22)23)9-12(13)24-16(26)10-4-7-14(28-17(19)20)15(8-10)27-3/h4-9,17H,1-3H3,(H,24,26). The van der Waals surface area contributed by atoms with Crippen molar-refractivity contribution in [2.45, 2.75) is 12.8 Å². The van der Waals surface area contributed by atoms with Crippen LogP contribution in [0.2, 0.25) is 0 Å². The predicted octanol–water partition coefficient (Wildman–Crippen LogP) is 4.63. The Balaban J connectivity index is 2.36. The molecule has 0 saturated carbocycles. The molecule has 0 aliphatic heterocycles. The van der Waals surface area contributed by atoms with Crippen molar-refractivity contribution in [1.82, 2.24) is 0 Å². The zero-order chi connectivity index (χ0) is 21.1. The molecule has 0 aromatic heterocycles. The number of ether oxygens (including phenoxy) is 2. The maximum Gasteiger partial charge on any atom is 0.416 e. The highest BCUT2D eigenvalue weighted by atomic mass is 19.4. The lowest BCUT2D eigenvalue weighted by Crippen LogP contribution is -2.18. The number of halogens is 5. The summed E-state index contributed by atoms with van der Waals surface area (Å²) >= 11 is 0. The van der Waals surface area contributed by atoms with Crippen LogP contribution in [0.4, 0.5) is 33.3 Å². The van der Waals surface area contributed by atoms with Crippen molar-refractivity contribution in [2.75, 3.05) is 31.4 Å². The minimum Gasteiger partial charge on any atom is -0.493 e. The van der Waals surface area contributed by atoms with E-state index < -0.39 is 24.3 Å². The van der Waals surface area contributed by atoms with Gasteiger partial charge in [-0.05, 0) is 36.4 Å². The molecule has 1 N–H and O–H groups in total. The van der Waals surface area contributed by atoms with Crippen molar-refractivity contribution in [2.24, 2.45) is 0 Å². The predicted molar refractivity (Wildman–Crippen MR) is 93.4 cm³/mol. The van der Waals surface area contributed by atoms with Crippen molar-refractivity contribution in [1.29, 1.82) is 0 Å². The molecule has 0 fully saturated rings. The fourth-order valence-electron chi connectivity index (χ4n) is 2.40. The smallest absolute Gasteiger partial charge is 0.416 e. The molecular weight excluding hydrogens is 387 g/mol. The highest BCUT2D eigenvalue weighted by Crippen LogP contribution is 2.35. The lowest BCUT2D eigenvalue weighted by Gasteiger charge is -2.20. The SMILES string of the molecule is COc1cc(C(=O)Nc2cc(C(F)(F)F)ccc2N(C)C)ccc1OC(F)F. The number of rotatable bonds is 6. The van der Waals surface area contributed by atoms with Gasteiger partial charge in [0, 0.05) is 19.7 Å². The first-order valence-electron chi connectivity index (χ1n) is 7.85. The molecule has 0 radical (unpaired) electrons. The van der Waals surface area contributed by atoms with E-state index in [2.05, 4.69) is 10.1 Å². The van der Waals surface area contributed by atoms with Gasteiger partial charge in [-0.2, -0.15) is 22.0 Å². The molecule has 0 bridgehead atoms. The van der Waals surface area contributed by atoms with Gasteiger partial charge < -0.3 is 19.7 Å². The lowest BCUT2D eigenvalue weighted by atomic mass is 10.1. The summed E-state index contributed by atoms with van der Waals surface area (Å²) in [5.74, 6) is -1.14. The number of nitrogens with zero attached hydrogens (tertiary/aromatic N) is 1. The van der Waals surface area contributed by atoms with E-state index in [0.717, 1.165) is 24.3 Å². The van der Waals surface area contributed by atoms with E-state index in [9.17, 15) is 26.7 Å². The van der Waals surface area contributed by atoms with E-state index in [1.807, 2.05) is 0 Å². The third-order valence-corrected chi connectivity index (χ3v) is 3.70. The fourth-order valence-corrected chi connectivity index (χ4v) is 2.40. The zero-order valence-corrected chi connectivity index (χ0v) is 15.1. The van der Waals surface area contributed by atoms with E-state index in [4.69, 9.17) is 4.74 Å². The Kier molecular flexibility index (Phi) is 6.32. The third-order valence-electron chi connectivity index (χ3n) is 3.70. The Labute approximate surface area is 157 Å². The monoisotopic (exact) mass is 404 g/mol. The molecule has 1 amide bonds. The average molecular weight is 404 g/mol. The minimum atomic E-state index is -4.58. The number of anilines is 2. The average Bonchev–Trinajstić information content (AvgIpc) is 2.60. The van der Waals surface area contributed by atoms with Crippen molar-refractivity contribution in [3.8, 4) is 11.5 Å². The van der Waals surface area contributed by atoms with Gasteiger partial charge in [0.15, 0.2) is 11.5 Å². The summed E-state index contributed by atoms with van der Waals surface area (Å²) < 4.78 is 72.9. The summed E-state index contributed by atoms with van der Waals surface area (Å²) in [4.78, 5) is 14.0. The van der Waals surface area contributed by atoms with E-state index in [1.54, 1.807) is 14.1 Å². The van der Waals surface area contributed by atoms with Crippen LogP contribution in [0.25, 0.3) is 0 Å². The molecule has 152 valence electrons.